The molecule has 0 aliphatic carbocycles. The maximum Gasteiger partial charge on any atom is 0.221 e. The van der Waals surface area contributed by atoms with Crippen LogP contribution >= 0.6 is 0 Å². The first kappa shape index (κ1) is 15.4. The molecule has 1 aliphatic heterocycles. The summed E-state index contributed by atoms with van der Waals surface area (Å²) in [7, 11) is 0. The molecule has 1 amide bonds. The number of piperidine rings is 1. The van der Waals surface area contributed by atoms with Gasteiger partial charge in [-0.2, -0.15) is 0 Å². The van der Waals surface area contributed by atoms with Crippen LogP contribution in [-0.2, 0) is 4.79 Å². The molecule has 1 aliphatic rings. The van der Waals surface area contributed by atoms with E-state index < -0.39 is 0 Å². The van der Waals surface area contributed by atoms with Crippen LogP contribution in [0.3, 0.4) is 0 Å². The van der Waals surface area contributed by atoms with Gasteiger partial charge in [0.1, 0.15) is 0 Å². The fraction of sp³-hybridized carbons (Fsp3) is 0.929. The highest BCUT2D eigenvalue weighted by Crippen LogP contribution is 2.08. The highest BCUT2D eigenvalue weighted by Gasteiger charge is 2.15. The Morgan fingerprint density at radius 3 is 2.44 bits per heavy atom. The van der Waals surface area contributed by atoms with Crippen molar-refractivity contribution >= 4 is 5.91 Å². The number of nitrogens with one attached hydrogen (secondary N) is 2. The lowest BCUT2D eigenvalue weighted by Gasteiger charge is -2.29. The van der Waals surface area contributed by atoms with Gasteiger partial charge in [-0.25, -0.2) is 0 Å². The van der Waals surface area contributed by atoms with Crippen molar-refractivity contribution in [2.45, 2.75) is 58.5 Å². The summed E-state index contributed by atoms with van der Waals surface area (Å²) in [6.07, 6.45) is 4.53. The molecule has 1 fully saturated rings. The number of amides is 1. The second-order valence-electron chi connectivity index (χ2n) is 5.49. The van der Waals surface area contributed by atoms with Gasteiger partial charge in [0.25, 0.3) is 0 Å². The topological polar surface area (TPSA) is 44.4 Å². The second-order valence-corrected chi connectivity index (χ2v) is 5.49. The molecule has 4 heteroatoms. The molecule has 1 saturated heterocycles. The Morgan fingerprint density at radius 1 is 1.17 bits per heavy atom. The van der Waals surface area contributed by atoms with Crippen molar-refractivity contribution in [3.8, 4) is 0 Å². The zero-order chi connectivity index (χ0) is 13.4. The summed E-state index contributed by atoms with van der Waals surface area (Å²) in [4.78, 5) is 14.3. The lowest BCUT2D eigenvalue weighted by atomic mass is 10.1. The molecule has 0 radical (unpaired) electrons. The molecule has 18 heavy (non-hydrogen) atoms. The fourth-order valence-corrected chi connectivity index (χ4v) is 2.61. The summed E-state index contributed by atoms with van der Waals surface area (Å²) < 4.78 is 0. The van der Waals surface area contributed by atoms with Crippen LogP contribution in [0.4, 0.5) is 0 Å². The summed E-state index contributed by atoms with van der Waals surface area (Å²) in [6.45, 7) is 10.5. The minimum absolute atomic E-state index is 0.160. The predicted octanol–water partition coefficient (Wildman–Crippen LogP) is 1.37. The van der Waals surface area contributed by atoms with Crippen LogP contribution in [0.25, 0.3) is 0 Å². The number of hydrogen-bond acceptors (Lipinski definition) is 3. The average molecular weight is 255 g/mol. The van der Waals surface area contributed by atoms with Crippen molar-refractivity contribution in [1.29, 1.82) is 0 Å². The molecular formula is C14H29N3O. The van der Waals surface area contributed by atoms with Crippen LogP contribution < -0.4 is 10.6 Å². The summed E-state index contributed by atoms with van der Waals surface area (Å²) >= 11 is 0. The van der Waals surface area contributed by atoms with Gasteiger partial charge in [0.2, 0.25) is 5.91 Å². The van der Waals surface area contributed by atoms with Gasteiger partial charge in [-0.3, -0.25) is 4.79 Å². The highest BCUT2D eigenvalue weighted by atomic mass is 16.1. The normalized spacial score (nSPS) is 20.4. The summed E-state index contributed by atoms with van der Waals surface area (Å²) in [5.41, 5.74) is 0. The molecule has 1 heterocycles. The van der Waals surface area contributed by atoms with Crippen molar-refractivity contribution in [2.75, 3.05) is 26.2 Å². The van der Waals surface area contributed by atoms with E-state index >= 15 is 0 Å². The first-order chi connectivity index (χ1) is 8.61. The van der Waals surface area contributed by atoms with Crippen molar-refractivity contribution in [3.63, 3.8) is 0 Å². The number of hydrogen-bond donors (Lipinski definition) is 2. The van der Waals surface area contributed by atoms with E-state index in [1.165, 1.54) is 32.4 Å². The third-order valence-corrected chi connectivity index (χ3v) is 3.43. The van der Waals surface area contributed by atoms with Crippen LogP contribution in [0.15, 0.2) is 0 Å². The SMILES string of the molecule is CCNC(C)CC(=O)NC(C)CN1CCCCC1. The smallest absolute Gasteiger partial charge is 0.221 e. The zero-order valence-electron chi connectivity index (χ0n) is 12.2. The maximum atomic E-state index is 11.8. The number of rotatable bonds is 7. The minimum atomic E-state index is 0.160. The van der Waals surface area contributed by atoms with E-state index in [0.29, 0.717) is 6.42 Å². The molecule has 0 aromatic rings. The molecule has 2 atom stereocenters. The monoisotopic (exact) mass is 255 g/mol. The third kappa shape index (κ3) is 6.36. The fourth-order valence-electron chi connectivity index (χ4n) is 2.61. The van der Waals surface area contributed by atoms with Crippen molar-refractivity contribution in [1.82, 2.24) is 15.5 Å². The molecule has 4 nitrogen and oxygen atoms in total. The van der Waals surface area contributed by atoms with Crippen LogP contribution in [-0.4, -0.2) is 49.1 Å². The Hall–Kier alpha value is -0.610. The highest BCUT2D eigenvalue weighted by molar-refractivity contribution is 5.76. The van der Waals surface area contributed by atoms with Crippen molar-refractivity contribution < 1.29 is 4.79 Å². The predicted molar refractivity (Wildman–Crippen MR) is 75.7 cm³/mol. The van der Waals surface area contributed by atoms with Crippen molar-refractivity contribution in [2.24, 2.45) is 0 Å². The lowest BCUT2D eigenvalue weighted by Crippen LogP contribution is -2.45. The molecule has 0 spiro atoms. The first-order valence-electron chi connectivity index (χ1n) is 7.37. The van der Waals surface area contributed by atoms with E-state index in [9.17, 15) is 4.79 Å². The summed E-state index contributed by atoms with van der Waals surface area (Å²) in [6, 6.07) is 0.515. The molecular weight excluding hydrogens is 226 g/mol. The Kier molecular flexibility index (Phi) is 7.28. The Balaban J connectivity index is 2.17. The van der Waals surface area contributed by atoms with Gasteiger partial charge in [0.15, 0.2) is 0 Å². The van der Waals surface area contributed by atoms with E-state index in [1.807, 2.05) is 0 Å². The maximum absolute atomic E-state index is 11.8. The van der Waals surface area contributed by atoms with Gasteiger partial charge in [0, 0.05) is 25.0 Å². The second kappa shape index (κ2) is 8.48. The van der Waals surface area contributed by atoms with E-state index in [0.717, 1.165) is 13.1 Å². The molecule has 0 bridgehead atoms. The van der Waals surface area contributed by atoms with Crippen LogP contribution in [0, 0.1) is 0 Å². The standard InChI is InChI=1S/C14H29N3O/c1-4-15-12(2)10-14(18)16-13(3)11-17-8-6-5-7-9-17/h12-13,15H,4-11H2,1-3H3,(H,16,18). The van der Waals surface area contributed by atoms with Gasteiger partial charge >= 0.3 is 0 Å². The minimum Gasteiger partial charge on any atom is -0.352 e. The van der Waals surface area contributed by atoms with Gasteiger partial charge < -0.3 is 15.5 Å². The average Bonchev–Trinajstić information content (AvgIpc) is 2.29. The van der Waals surface area contributed by atoms with Crippen LogP contribution in [0.1, 0.15) is 46.5 Å². The van der Waals surface area contributed by atoms with Gasteiger partial charge in [-0.05, 0) is 46.3 Å². The summed E-state index contributed by atoms with van der Waals surface area (Å²) in [5.74, 6) is 0.160. The number of nitrogens with zero attached hydrogens (tertiary/aromatic N) is 1. The Bertz CT molecular complexity index is 239. The van der Waals surface area contributed by atoms with E-state index in [1.54, 1.807) is 0 Å². The Labute approximate surface area is 111 Å². The van der Waals surface area contributed by atoms with Gasteiger partial charge in [-0.15, -0.1) is 0 Å². The molecule has 0 saturated carbocycles. The molecule has 106 valence electrons. The number of carbonyl (C=O) groups is 1. The zero-order valence-corrected chi connectivity index (χ0v) is 12.2. The molecule has 1 rings (SSSR count). The van der Waals surface area contributed by atoms with E-state index in [2.05, 4.69) is 36.3 Å². The first-order valence-corrected chi connectivity index (χ1v) is 7.37. The number of likely N-dealkylation sites (tertiary alicyclic amines) is 1. The van der Waals surface area contributed by atoms with Crippen LogP contribution in [0.2, 0.25) is 0 Å². The van der Waals surface area contributed by atoms with Crippen LogP contribution in [0.5, 0.6) is 0 Å². The van der Waals surface area contributed by atoms with Crippen molar-refractivity contribution in [3.05, 3.63) is 0 Å². The number of carbonyl (C=O) groups excluding carboxylic acids is 1. The molecule has 0 aromatic carbocycles. The molecule has 2 unspecified atom stereocenters. The summed E-state index contributed by atoms with van der Waals surface area (Å²) in [5, 5.41) is 6.36. The largest absolute Gasteiger partial charge is 0.352 e. The van der Waals surface area contributed by atoms with Gasteiger partial charge in [-0.1, -0.05) is 13.3 Å². The molecule has 0 aromatic heterocycles. The van der Waals surface area contributed by atoms with Gasteiger partial charge in [0.05, 0.1) is 0 Å². The van der Waals surface area contributed by atoms with E-state index in [4.69, 9.17) is 0 Å². The van der Waals surface area contributed by atoms with E-state index in [-0.39, 0.29) is 18.0 Å². The third-order valence-electron chi connectivity index (χ3n) is 3.43. The lowest BCUT2D eigenvalue weighted by molar-refractivity contribution is -0.122. The Morgan fingerprint density at radius 2 is 1.83 bits per heavy atom. The quantitative estimate of drug-likeness (QED) is 0.722. The molecule has 2 N–H and O–H groups in total.